The number of ketones is 1. The van der Waals surface area contributed by atoms with E-state index in [1.54, 1.807) is 6.20 Å². The summed E-state index contributed by atoms with van der Waals surface area (Å²) in [6, 6.07) is 7.03. The molecule has 0 aliphatic carbocycles. The summed E-state index contributed by atoms with van der Waals surface area (Å²) in [5.41, 5.74) is 1.60. The van der Waals surface area contributed by atoms with E-state index in [1.807, 2.05) is 26.8 Å². The Morgan fingerprint density at radius 1 is 1.32 bits per heavy atom. The van der Waals surface area contributed by atoms with E-state index in [4.69, 9.17) is 0 Å². The van der Waals surface area contributed by atoms with Gasteiger partial charge in [-0.05, 0) is 30.3 Å². The molecule has 4 nitrogen and oxygen atoms in total. The number of nitriles is 1. The number of nitrogens with zero attached hydrogens (tertiary/aromatic N) is 2. The van der Waals surface area contributed by atoms with Crippen molar-refractivity contribution in [3.8, 4) is 6.07 Å². The molecule has 0 atom stereocenters. The Bertz CT molecular complexity index is 758. The van der Waals surface area contributed by atoms with Gasteiger partial charge in [-0.1, -0.05) is 20.8 Å². The average Bonchev–Trinajstić information content (AvgIpc) is 2.93. The van der Waals surface area contributed by atoms with Gasteiger partial charge in [0.25, 0.3) is 0 Å². The lowest BCUT2D eigenvalue weighted by molar-refractivity contribution is 0.104. The lowest BCUT2D eigenvalue weighted by Crippen LogP contribution is -2.13. The molecule has 1 N–H and O–H groups in total. The van der Waals surface area contributed by atoms with Crippen molar-refractivity contribution >= 4 is 11.9 Å². The summed E-state index contributed by atoms with van der Waals surface area (Å²) in [4.78, 5) is 12.3. The first-order valence-electron chi connectivity index (χ1n) is 6.79. The van der Waals surface area contributed by atoms with Crippen molar-refractivity contribution in [3.05, 3.63) is 58.7 Å². The first kappa shape index (κ1) is 15.6. The number of rotatable bonds is 3. The van der Waals surface area contributed by atoms with Crippen LogP contribution >= 0.6 is 0 Å². The molecule has 0 aliphatic heterocycles. The second-order valence-corrected chi connectivity index (χ2v) is 5.96. The first-order chi connectivity index (χ1) is 10.3. The van der Waals surface area contributed by atoms with Crippen LogP contribution in [0.5, 0.6) is 0 Å². The molecule has 1 aromatic carbocycles. The van der Waals surface area contributed by atoms with Crippen LogP contribution < -0.4 is 0 Å². The van der Waals surface area contributed by atoms with Crippen LogP contribution in [0.2, 0.25) is 0 Å². The van der Waals surface area contributed by atoms with Gasteiger partial charge in [0.15, 0.2) is 0 Å². The number of Topliss-reactive ketones (excluding diaryl/α,β-unsaturated/α-hetero) is 1. The molecule has 112 valence electrons. The zero-order valence-electron chi connectivity index (χ0n) is 12.6. The Morgan fingerprint density at radius 3 is 2.50 bits per heavy atom. The molecular formula is C17H16FN3O. The minimum Gasteiger partial charge on any atom is -0.288 e. The fraction of sp³-hybridized carbons (Fsp3) is 0.235. The van der Waals surface area contributed by atoms with Crippen LogP contribution in [0.4, 0.5) is 4.39 Å². The van der Waals surface area contributed by atoms with Gasteiger partial charge < -0.3 is 0 Å². The molecule has 22 heavy (non-hydrogen) atoms. The van der Waals surface area contributed by atoms with Gasteiger partial charge in [-0.25, -0.2) is 4.39 Å². The number of allylic oxidation sites excluding steroid dienone is 1. The van der Waals surface area contributed by atoms with Crippen LogP contribution in [0.25, 0.3) is 6.08 Å². The number of H-pyrrole nitrogens is 1. The van der Waals surface area contributed by atoms with Gasteiger partial charge in [-0.15, -0.1) is 0 Å². The van der Waals surface area contributed by atoms with E-state index in [-0.39, 0.29) is 16.6 Å². The molecule has 0 fully saturated rings. The monoisotopic (exact) mass is 297 g/mol. The van der Waals surface area contributed by atoms with E-state index in [0.29, 0.717) is 5.56 Å². The second-order valence-electron chi connectivity index (χ2n) is 5.96. The summed E-state index contributed by atoms with van der Waals surface area (Å²) in [6.07, 6.45) is 3.09. The number of halogens is 1. The molecular weight excluding hydrogens is 281 g/mol. The number of aromatic amines is 1. The molecule has 0 spiro atoms. The van der Waals surface area contributed by atoms with Crippen LogP contribution in [-0.2, 0) is 5.41 Å². The zero-order valence-corrected chi connectivity index (χ0v) is 12.6. The van der Waals surface area contributed by atoms with E-state index in [0.717, 1.165) is 5.69 Å². The summed E-state index contributed by atoms with van der Waals surface area (Å²) in [5, 5.41) is 16.1. The standard InChI is InChI=1S/C17H16FN3O/c1-17(2,3)16-13(10-20-21-16)8-12(9-19)15(22)11-4-6-14(18)7-5-11/h4-8,10H,1-3H3,(H,20,21). The number of carbonyl (C=O) groups is 1. The smallest absolute Gasteiger partial charge is 0.203 e. The summed E-state index contributed by atoms with van der Waals surface area (Å²) < 4.78 is 12.9. The summed E-state index contributed by atoms with van der Waals surface area (Å²) in [5.74, 6) is -0.868. The Labute approximate surface area is 128 Å². The minimum atomic E-state index is -0.441. The molecule has 2 rings (SSSR count). The third kappa shape index (κ3) is 3.29. The van der Waals surface area contributed by atoms with Crippen molar-refractivity contribution in [2.45, 2.75) is 26.2 Å². The molecule has 0 amide bonds. The number of carbonyl (C=O) groups excluding carboxylic acids is 1. The van der Waals surface area contributed by atoms with E-state index in [2.05, 4.69) is 10.2 Å². The Morgan fingerprint density at radius 2 is 1.95 bits per heavy atom. The lowest BCUT2D eigenvalue weighted by Gasteiger charge is -2.17. The maximum atomic E-state index is 12.9. The molecule has 0 saturated heterocycles. The fourth-order valence-corrected chi connectivity index (χ4v) is 2.07. The van der Waals surface area contributed by atoms with Gasteiger partial charge in [0.05, 0.1) is 6.20 Å². The average molecular weight is 297 g/mol. The van der Waals surface area contributed by atoms with Crippen LogP contribution in [-0.4, -0.2) is 16.0 Å². The first-order valence-corrected chi connectivity index (χ1v) is 6.79. The molecule has 0 aliphatic rings. The SMILES string of the molecule is CC(C)(C)c1[nH]ncc1C=C(C#N)C(=O)c1ccc(F)cc1. The Balaban J connectivity index is 2.41. The second kappa shape index (κ2) is 5.94. The quantitative estimate of drug-likeness (QED) is 0.534. The van der Waals surface area contributed by atoms with Crippen molar-refractivity contribution in [1.29, 1.82) is 5.26 Å². The van der Waals surface area contributed by atoms with Crippen molar-refractivity contribution in [2.24, 2.45) is 0 Å². The number of benzene rings is 1. The van der Waals surface area contributed by atoms with Gasteiger partial charge >= 0.3 is 0 Å². The topological polar surface area (TPSA) is 69.5 Å². The Hall–Kier alpha value is -2.74. The van der Waals surface area contributed by atoms with Crippen LogP contribution in [0.3, 0.4) is 0 Å². The van der Waals surface area contributed by atoms with Crippen LogP contribution in [0, 0.1) is 17.1 Å². The summed E-state index contributed by atoms with van der Waals surface area (Å²) >= 11 is 0. The van der Waals surface area contributed by atoms with E-state index in [9.17, 15) is 14.4 Å². The molecule has 0 bridgehead atoms. The third-order valence-corrected chi connectivity index (χ3v) is 3.19. The summed E-state index contributed by atoms with van der Waals surface area (Å²) in [7, 11) is 0. The number of hydrogen-bond acceptors (Lipinski definition) is 3. The fourth-order valence-electron chi connectivity index (χ4n) is 2.07. The normalized spacial score (nSPS) is 12.0. The maximum absolute atomic E-state index is 12.9. The molecule has 2 aromatic rings. The van der Waals surface area contributed by atoms with Crippen molar-refractivity contribution in [2.75, 3.05) is 0 Å². The van der Waals surface area contributed by atoms with Gasteiger partial charge in [-0.2, -0.15) is 10.4 Å². The summed E-state index contributed by atoms with van der Waals surface area (Å²) in [6.45, 7) is 6.02. The van der Waals surface area contributed by atoms with E-state index < -0.39 is 11.6 Å². The highest BCUT2D eigenvalue weighted by molar-refractivity contribution is 6.14. The van der Waals surface area contributed by atoms with E-state index in [1.165, 1.54) is 30.3 Å². The number of aromatic nitrogens is 2. The highest BCUT2D eigenvalue weighted by atomic mass is 19.1. The van der Waals surface area contributed by atoms with Crippen molar-refractivity contribution in [1.82, 2.24) is 10.2 Å². The molecule has 1 heterocycles. The zero-order chi connectivity index (χ0) is 16.3. The lowest BCUT2D eigenvalue weighted by atomic mass is 9.89. The van der Waals surface area contributed by atoms with Gasteiger partial charge in [0, 0.05) is 22.2 Å². The minimum absolute atomic E-state index is 0.0153. The van der Waals surface area contributed by atoms with Crippen molar-refractivity contribution < 1.29 is 9.18 Å². The molecule has 0 unspecified atom stereocenters. The predicted molar refractivity (Wildman–Crippen MR) is 81.6 cm³/mol. The van der Waals surface area contributed by atoms with Gasteiger partial charge in [0.2, 0.25) is 5.78 Å². The number of hydrogen-bond donors (Lipinski definition) is 1. The van der Waals surface area contributed by atoms with Crippen LogP contribution in [0.15, 0.2) is 36.0 Å². The predicted octanol–water partition coefficient (Wildman–Crippen LogP) is 3.64. The highest BCUT2D eigenvalue weighted by Crippen LogP contribution is 2.25. The highest BCUT2D eigenvalue weighted by Gasteiger charge is 2.20. The van der Waals surface area contributed by atoms with Gasteiger partial charge in [-0.3, -0.25) is 9.89 Å². The molecule has 0 saturated carbocycles. The Kier molecular flexibility index (Phi) is 4.22. The molecule has 5 heteroatoms. The van der Waals surface area contributed by atoms with Crippen LogP contribution in [0.1, 0.15) is 42.4 Å². The maximum Gasteiger partial charge on any atom is 0.203 e. The molecule has 1 aromatic heterocycles. The van der Waals surface area contributed by atoms with Gasteiger partial charge in [0.1, 0.15) is 17.5 Å². The largest absolute Gasteiger partial charge is 0.288 e. The third-order valence-electron chi connectivity index (χ3n) is 3.19. The van der Waals surface area contributed by atoms with Crippen molar-refractivity contribution in [3.63, 3.8) is 0 Å². The van der Waals surface area contributed by atoms with E-state index >= 15 is 0 Å². The number of nitrogens with one attached hydrogen (secondary N) is 1. The molecule has 0 radical (unpaired) electrons.